The normalized spacial score (nSPS) is 11.1. The van der Waals surface area contributed by atoms with Crippen LogP contribution in [0, 0.1) is 0 Å². The summed E-state index contributed by atoms with van der Waals surface area (Å²) in [5.41, 5.74) is 8.25. The number of unbranched alkanes of at least 4 members (excludes halogenated alkanes) is 2. The Kier molecular flexibility index (Phi) is 4.90. The number of hydrogen-bond acceptors (Lipinski definition) is 4. The van der Waals surface area contributed by atoms with Crippen molar-refractivity contribution in [3.8, 4) is 17.1 Å². The van der Waals surface area contributed by atoms with Crippen molar-refractivity contribution in [3.05, 3.63) is 41.0 Å². The summed E-state index contributed by atoms with van der Waals surface area (Å²) in [6, 6.07) is 6.83. The van der Waals surface area contributed by atoms with Crippen LogP contribution in [0.15, 0.2) is 30.5 Å². The fourth-order valence-electron chi connectivity index (χ4n) is 2.90. The van der Waals surface area contributed by atoms with E-state index in [1.54, 1.807) is 22.8 Å². The van der Waals surface area contributed by atoms with E-state index in [9.17, 15) is 9.90 Å². The highest BCUT2D eigenvalue weighted by Gasteiger charge is 2.19. The molecule has 0 aliphatic carbocycles. The predicted molar refractivity (Wildman–Crippen MR) is 97.7 cm³/mol. The van der Waals surface area contributed by atoms with Crippen LogP contribution in [0.5, 0.6) is 6.01 Å². The Labute approximate surface area is 150 Å². The predicted octanol–water partition coefficient (Wildman–Crippen LogP) is 3.75. The number of imidazole rings is 1. The maximum Gasteiger partial charge on any atom is 0.296 e. The van der Waals surface area contributed by atoms with Crippen molar-refractivity contribution in [3.63, 3.8) is 0 Å². The summed E-state index contributed by atoms with van der Waals surface area (Å²) in [5.74, 6) is -0.512. The number of halogens is 1. The lowest BCUT2D eigenvalue weighted by Crippen LogP contribution is -2.10. The van der Waals surface area contributed by atoms with Crippen LogP contribution < -0.4 is 5.73 Å². The van der Waals surface area contributed by atoms with Gasteiger partial charge >= 0.3 is 0 Å². The van der Waals surface area contributed by atoms with Gasteiger partial charge in [-0.2, -0.15) is 4.98 Å². The van der Waals surface area contributed by atoms with Crippen molar-refractivity contribution in [1.82, 2.24) is 14.5 Å². The second kappa shape index (κ2) is 7.11. The zero-order valence-electron chi connectivity index (χ0n) is 13.9. The van der Waals surface area contributed by atoms with Crippen LogP contribution in [0.4, 0.5) is 0 Å². The van der Waals surface area contributed by atoms with E-state index in [1.807, 2.05) is 6.07 Å². The lowest BCUT2D eigenvalue weighted by Gasteiger charge is -2.11. The topological polar surface area (TPSA) is 94.0 Å². The van der Waals surface area contributed by atoms with Gasteiger partial charge < -0.3 is 10.8 Å². The Bertz CT molecular complexity index is 936. The molecule has 0 saturated heterocycles. The maximum absolute atomic E-state index is 11.5. The molecule has 0 fully saturated rings. The van der Waals surface area contributed by atoms with Gasteiger partial charge in [-0.05, 0) is 24.1 Å². The second-order valence-corrected chi connectivity index (χ2v) is 6.28. The molecule has 2 heterocycles. The first-order valence-corrected chi connectivity index (χ1v) is 8.54. The molecule has 3 N–H and O–H groups in total. The van der Waals surface area contributed by atoms with Gasteiger partial charge in [-0.3, -0.25) is 9.36 Å². The summed E-state index contributed by atoms with van der Waals surface area (Å²) >= 11 is 6.41. The van der Waals surface area contributed by atoms with Crippen LogP contribution in [0.1, 0.15) is 36.5 Å². The third-order valence-electron chi connectivity index (χ3n) is 4.13. The Hall–Kier alpha value is -2.60. The molecule has 130 valence electrons. The van der Waals surface area contributed by atoms with Gasteiger partial charge in [0.15, 0.2) is 5.65 Å². The first-order chi connectivity index (χ1) is 12.0. The SMILES string of the molecule is CCCCCn1c(O)nc2ncc(Cl)c(-c3cccc(C(N)=O)c3)c21. The number of aromatic nitrogens is 3. The van der Waals surface area contributed by atoms with Crippen LogP contribution >= 0.6 is 11.6 Å². The molecule has 1 aromatic carbocycles. The van der Waals surface area contributed by atoms with E-state index in [-0.39, 0.29) is 6.01 Å². The molecule has 7 heteroatoms. The van der Waals surface area contributed by atoms with Gasteiger partial charge in [-0.1, -0.05) is 43.5 Å². The van der Waals surface area contributed by atoms with Gasteiger partial charge in [-0.15, -0.1) is 0 Å². The minimum atomic E-state index is -0.512. The number of pyridine rings is 1. The maximum atomic E-state index is 11.5. The third-order valence-corrected chi connectivity index (χ3v) is 4.41. The number of fused-ring (bicyclic) bond motifs is 1. The smallest absolute Gasteiger partial charge is 0.296 e. The third kappa shape index (κ3) is 3.30. The van der Waals surface area contributed by atoms with Crippen LogP contribution in [-0.2, 0) is 6.54 Å². The van der Waals surface area contributed by atoms with Crippen molar-refractivity contribution >= 4 is 28.7 Å². The molecule has 2 aromatic heterocycles. The molecule has 3 aromatic rings. The molecule has 0 unspecified atom stereocenters. The number of aromatic hydroxyl groups is 1. The number of benzene rings is 1. The number of carbonyl (C=O) groups is 1. The van der Waals surface area contributed by atoms with Gasteiger partial charge in [0, 0.05) is 23.9 Å². The molecule has 0 aliphatic heterocycles. The van der Waals surface area contributed by atoms with Gasteiger partial charge in [-0.25, -0.2) is 4.98 Å². The van der Waals surface area contributed by atoms with Crippen LogP contribution in [0.3, 0.4) is 0 Å². The summed E-state index contributed by atoms with van der Waals surface area (Å²) in [6.07, 6.45) is 4.52. The quantitative estimate of drug-likeness (QED) is 0.656. The zero-order chi connectivity index (χ0) is 18.0. The molecule has 0 bridgehead atoms. The molecule has 0 spiro atoms. The van der Waals surface area contributed by atoms with Crippen molar-refractivity contribution in [2.75, 3.05) is 0 Å². The van der Waals surface area contributed by atoms with Crippen molar-refractivity contribution in [2.45, 2.75) is 32.7 Å². The Balaban J connectivity index is 2.21. The van der Waals surface area contributed by atoms with Gasteiger partial charge in [0.2, 0.25) is 5.91 Å². The Morgan fingerprint density at radius 3 is 2.88 bits per heavy atom. The first-order valence-electron chi connectivity index (χ1n) is 8.16. The fourth-order valence-corrected chi connectivity index (χ4v) is 3.14. The highest BCUT2D eigenvalue weighted by molar-refractivity contribution is 6.34. The monoisotopic (exact) mass is 358 g/mol. The van der Waals surface area contributed by atoms with E-state index in [4.69, 9.17) is 17.3 Å². The number of rotatable bonds is 6. The minimum Gasteiger partial charge on any atom is -0.480 e. The van der Waals surface area contributed by atoms with Crippen LogP contribution in [0.2, 0.25) is 5.02 Å². The number of aryl methyl sites for hydroxylation is 1. The zero-order valence-corrected chi connectivity index (χ0v) is 14.6. The lowest BCUT2D eigenvalue weighted by molar-refractivity contribution is 0.100. The molecule has 0 saturated carbocycles. The van der Waals surface area contributed by atoms with Crippen LogP contribution in [0.25, 0.3) is 22.3 Å². The highest BCUT2D eigenvalue weighted by atomic mass is 35.5. The average Bonchev–Trinajstić information content (AvgIpc) is 2.91. The van der Waals surface area contributed by atoms with E-state index in [0.29, 0.717) is 33.9 Å². The van der Waals surface area contributed by atoms with E-state index in [2.05, 4.69) is 16.9 Å². The number of nitrogens with two attached hydrogens (primary N) is 1. The van der Waals surface area contributed by atoms with E-state index in [0.717, 1.165) is 24.8 Å². The second-order valence-electron chi connectivity index (χ2n) is 5.87. The van der Waals surface area contributed by atoms with Crippen molar-refractivity contribution in [2.24, 2.45) is 5.73 Å². The summed E-state index contributed by atoms with van der Waals surface area (Å²) in [4.78, 5) is 19.9. The molecule has 0 aliphatic rings. The van der Waals surface area contributed by atoms with Crippen LogP contribution in [-0.4, -0.2) is 25.5 Å². The highest BCUT2D eigenvalue weighted by Crippen LogP contribution is 2.36. The Morgan fingerprint density at radius 2 is 2.16 bits per heavy atom. The largest absolute Gasteiger partial charge is 0.480 e. The van der Waals surface area contributed by atoms with Gasteiger partial charge in [0.25, 0.3) is 6.01 Å². The lowest BCUT2D eigenvalue weighted by atomic mass is 10.0. The number of carbonyl (C=O) groups excluding carboxylic acids is 1. The Morgan fingerprint density at radius 1 is 1.36 bits per heavy atom. The fraction of sp³-hybridized carbons (Fsp3) is 0.278. The first kappa shape index (κ1) is 17.2. The number of amides is 1. The summed E-state index contributed by atoms with van der Waals surface area (Å²) in [5, 5.41) is 10.7. The molecule has 0 radical (unpaired) electrons. The van der Waals surface area contributed by atoms with E-state index < -0.39 is 5.91 Å². The molecule has 6 nitrogen and oxygen atoms in total. The van der Waals surface area contributed by atoms with Gasteiger partial charge in [0.1, 0.15) is 0 Å². The average molecular weight is 359 g/mol. The molecule has 1 amide bonds. The standard InChI is InChI=1S/C18H19ClN4O2/c1-2-3-4-8-23-15-14(11-6-5-7-12(9-11)16(20)24)13(19)10-21-17(15)22-18(23)25/h5-7,9-10H,2-4,8H2,1H3,(H2,20,24)(H,21,22,25). The number of nitrogens with zero attached hydrogens (tertiary/aromatic N) is 3. The molecule has 25 heavy (non-hydrogen) atoms. The van der Waals surface area contributed by atoms with E-state index >= 15 is 0 Å². The van der Waals surface area contributed by atoms with Crippen molar-refractivity contribution < 1.29 is 9.90 Å². The number of hydrogen-bond donors (Lipinski definition) is 2. The van der Waals surface area contributed by atoms with Crippen molar-refractivity contribution in [1.29, 1.82) is 0 Å². The molecule has 0 atom stereocenters. The number of primary amides is 1. The summed E-state index contributed by atoms with van der Waals surface area (Å²) in [6.45, 7) is 2.73. The summed E-state index contributed by atoms with van der Waals surface area (Å²) in [7, 11) is 0. The molecule has 3 rings (SSSR count). The van der Waals surface area contributed by atoms with E-state index in [1.165, 1.54) is 6.20 Å². The summed E-state index contributed by atoms with van der Waals surface area (Å²) < 4.78 is 1.72. The van der Waals surface area contributed by atoms with Gasteiger partial charge in [0.05, 0.1) is 10.5 Å². The molecular weight excluding hydrogens is 340 g/mol. The minimum absolute atomic E-state index is 0.0897. The molecular formula is C18H19ClN4O2.